The van der Waals surface area contributed by atoms with Crippen LogP contribution >= 0.6 is 0 Å². The second-order valence-corrected chi connectivity index (χ2v) is 7.79. The van der Waals surface area contributed by atoms with E-state index in [1.807, 2.05) is 0 Å². The Labute approximate surface area is 172 Å². The van der Waals surface area contributed by atoms with Crippen LogP contribution in [0.1, 0.15) is 23.2 Å². The Balaban J connectivity index is 1.38. The minimum absolute atomic E-state index is 0.131. The Morgan fingerprint density at radius 3 is 2.20 bits per heavy atom. The minimum Gasteiger partial charge on any atom is -0.369 e. The standard InChI is InChI=1S/C22H23F4N3O/c23-15-3-5-16(6-4-15)27-8-10-28(11-9-27)17-2-1-7-29(14-17)22(30)18-12-20(25)21(26)13-19(18)24/h3-6,12-13,17H,1-2,7-11,14H2/t17-/m0/s1. The molecule has 4 nitrogen and oxygen atoms in total. The summed E-state index contributed by atoms with van der Waals surface area (Å²) in [6.07, 6.45) is 1.68. The number of halogens is 4. The van der Waals surface area contributed by atoms with E-state index >= 15 is 0 Å². The fourth-order valence-corrected chi connectivity index (χ4v) is 4.29. The van der Waals surface area contributed by atoms with Gasteiger partial charge in [-0.25, -0.2) is 17.6 Å². The molecule has 2 fully saturated rings. The molecule has 1 atom stereocenters. The van der Waals surface area contributed by atoms with Crippen molar-refractivity contribution in [1.82, 2.24) is 9.80 Å². The number of amides is 1. The summed E-state index contributed by atoms with van der Waals surface area (Å²) >= 11 is 0. The van der Waals surface area contributed by atoms with Crippen molar-refractivity contribution in [3.8, 4) is 0 Å². The smallest absolute Gasteiger partial charge is 0.256 e. The molecule has 2 aliphatic heterocycles. The third-order valence-electron chi connectivity index (χ3n) is 5.95. The van der Waals surface area contributed by atoms with Gasteiger partial charge < -0.3 is 9.80 Å². The van der Waals surface area contributed by atoms with Crippen molar-refractivity contribution in [2.45, 2.75) is 18.9 Å². The van der Waals surface area contributed by atoms with Gasteiger partial charge >= 0.3 is 0 Å². The molecule has 2 heterocycles. The van der Waals surface area contributed by atoms with Gasteiger partial charge in [0, 0.05) is 57.1 Å². The fourth-order valence-electron chi connectivity index (χ4n) is 4.29. The van der Waals surface area contributed by atoms with Crippen LogP contribution in [0, 0.1) is 23.3 Å². The van der Waals surface area contributed by atoms with Gasteiger partial charge in [0.2, 0.25) is 0 Å². The molecule has 2 aromatic carbocycles. The molecule has 8 heteroatoms. The van der Waals surface area contributed by atoms with Crippen molar-refractivity contribution in [3.05, 3.63) is 65.2 Å². The molecule has 0 radical (unpaired) electrons. The number of hydrogen-bond acceptors (Lipinski definition) is 3. The predicted octanol–water partition coefficient (Wildman–Crippen LogP) is 3.67. The second kappa shape index (κ2) is 8.63. The Morgan fingerprint density at radius 1 is 0.833 bits per heavy atom. The Hall–Kier alpha value is -2.61. The zero-order valence-electron chi connectivity index (χ0n) is 16.5. The SMILES string of the molecule is O=C(c1cc(F)c(F)cc1F)N1CCC[C@H](N2CCN(c3ccc(F)cc3)CC2)C1. The Morgan fingerprint density at radius 2 is 1.50 bits per heavy atom. The van der Waals surface area contributed by atoms with E-state index in [0.29, 0.717) is 25.2 Å². The van der Waals surface area contributed by atoms with E-state index in [2.05, 4.69) is 9.80 Å². The molecule has 4 rings (SSSR count). The molecule has 2 aromatic rings. The summed E-state index contributed by atoms with van der Waals surface area (Å²) in [5, 5.41) is 0. The summed E-state index contributed by atoms with van der Waals surface area (Å²) in [5.41, 5.74) is 0.543. The topological polar surface area (TPSA) is 26.8 Å². The van der Waals surface area contributed by atoms with Crippen LogP contribution < -0.4 is 4.90 Å². The van der Waals surface area contributed by atoms with Gasteiger partial charge in [-0.3, -0.25) is 9.69 Å². The summed E-state index contributed by atoms with van der Waals surface area (Å²) in [6, 6.07) is 7.61. The number of likely N-dealkylation sites (tertiary alicyclic amines) is 1. The van der Waals surface area contributed by atoms with E-state index in [0.717, 1.165) is 44.7 Å². The largest absolute Gasteiger partial charge is 0.369 e. The van der Waals surface area contributed by atoms with E-state index in [4.69, 9.17) is 0 Å². The van der Waals surface area contributed by atoms with Crippen LogP contribution in [-0.4, -0.2) is 61.0 Å². The number of carbonyl (C=O) groups excluding carboxylic acids is 1. The Bertz CT molecular complexity index is 913. The molecule has 0 unspecified atom stereocenters. The lowest BCUT2D eigenvalue weighted by atomic mass is 10.0. The first-order chi connectivity index (χ1) is 14.4. The Kier molecular flexibility index (Phi) is 5.94. The highest BCUT2D eigenvalue weighted by Gasteiger charge is 2.31. The number of rotatable bonds is 3. The number of nitrogens with zero attached hydrogens (tertiary/aromatic N) is 3. The molecule has 0 bridgehead atoms. The van der Waals surface area contributed by atoms with Crippen molar-refractivity contribution in [3.63, 3.8) is 0 Å². The maximum absolute atomic E-state index is 14.0. The highest BCUT2D eigenvalue weighted by Crippen LogP contribution is 2.23. The molecule has 30 heavy (non-hydrogen) atoms. The normalized spacial score (nSPS) is 20.5. The van der Waals surface area contributed by atoms with Crippen LogP contribution in [0.15, 0.2) is 36.4 Å². The second-order valence-electron chi connectivity index (χ2n) is 7.79. The summed E-state index contributed by atoms with van der Waals surface area (Å²) in [5.74, 6) is -4.46. The average Bonchev–Trinajstić information content (AvgIpc) is 2.76. The van der Waals surface area contributed by atoms with E-state index in [1.165, 1.54) is 17.0 Å². The van der Waals surface area contributed by atoms with Crippen molar-refractivity contribution >= 4 is 11.6 Å². The number of benzene rings is 2. The summed E-state index contributed by atoms with van der Waals surface area (Å²) < 4.78 is 53.8. The summed E-state index contributed by atoms with van der Waals surface area (Å²) in [4.78, 5) is 18.7. The van der Waals surface area contributed by atoms with E-state index in [9.17, 15) is 22.4 Å². The molecule has 2 saturated heterocycles. The van der Waals surface area contributed by atoms with Gasteiger partial charge in [0.1, 0.15) is 11.6 Å². The van der Waals surface area contributed by atoms with Crippen LogP contribution in [0.5, 0.6) is 0 Å². The van der Waals surface area contributed by atoms with Crippen LogP contribution in [-0.2, 0) is 0 Å². The quantitative estimate of drug-likeness (QED) is 0.559. The van der Waals surface area contributed by atoms with Gasteiger partial charge in [0.25, 0.3) is 5.91 Å². The number of piperazine rings is 1. The predicted molar refractivity (Wildman–Crippen MR) is 105 cm³/mol. The summed E-state index contributed by atoms with van der Waals surface area (Å²) in [6.45, 7) is 4.05. The third-order valence-corrected chi connectivity index (χ3v) is 5.95. The minimum atomic E-state index is -1.31. The maximum atomic E-state index is 14.0. The monoisotopic (exact) mass is 421 g/mol. The zero-order valence-corrected chi connectivity index (χ0v) is 16.5. The molecule has 0 aliphatic carbocycles. The molecule has 0 saturated carbocycles. The van der Waals surface area contributed by atoms with Crippen LogP contribution in [0.3, 0.4) is 0 Å². The van der Waals surface area contributed by atoms with Crippen LogP contribution in [0.25, 0.3) is 0 Å². The van der Waals surface area contributed by atoms with E-state index < -0.39 is 28.9 Å². The molecule has 0 spiro atoms. The summed E-state index contributed by atoms with van der Waals surface area (Å²) in [7, 11) is 0. The zero-order chi connectivity index (χ0) is 21.3. The lowest BCUT2D eigenvalue weighted by molar-refractivity contribution is 0.0558. The molecule has 160 valence electrons. The molecule has 1 amide bonds. The molecule has 0 aromatic heterocycles. The van der Waals surface area contributed by atoms with Crippen LogP contribution in [0.4, 0.5) is 23.2 Å². The van der Waals surface area contributed by atoms with E-state index in [1.54, 1.807) is 12.1 Å². The molecular weight excluding hydrogens is 398 g/mol. The first-order valence-electron chi connectivity index (χ1n) is 10.1. The van der Waals surface area contributed by atoms with Gasteiger partial charge in [-0.05, 0) is 43.2 Å². The van der Waals surface area contributed by atoms with E-state index in [-0.39, 0.29) is 11.9 Å². The van der Waals surface area contributed by atoms with Gasteiger partial charge in [-0.1, -0.05) is 0 Å². The maximum Gasteiger partial charge on any atom is 0.256 e. The highest BCUT2D eigenvalue weighted by atomic mass is 19.2. The van der Waals surface area contributed by atoms with Gasteiger partial charge in [-0.15, -0.1) is 0 Å². The molecule has 2 aliphatic rings. The molecule has 0 N–H and O–H groups in total. The number of carbonyl (C=O) groups is 1. The van der Waals surface area contributed by atoms with Crippen LogP contribution in [0.2, 0.25) is 0 Å². The first kappa shape index (κ1) is 20.7. The van der Waals surface area contributed by atoms with Gasteiger partial charge in [0.05, 0.1) is 5.56 Å². The number of anilines is 1. The third kappa shape index (κ3) is 4.28. The lowest BCUT2D eigenvalue weighted by Gasteiger charge is -2.44. The average molecular weight is 421 g/mol. The van der Waals surface area contributed by atoms with Gasteiger partial charge in [-0.2, -0.15) is 0 Å². The molecular formula is C22H23F4N3O. The van der Waals surface area contributed by atoms with Gasteiger partial charge in [0.15, 0.2) is 11.6 Å². The number of piperidine rings is 1. The highest BCUT2D eigenvalue weighted by molar-refractivity contribution is 5.94. The fraction of sp³-hybridized carbons (Fsp3) is 0.409. The van der Waals surface area contributed by atoms with Crippen molar-refractivity contribution in [1.29, 1.82) is 0 Å². The van der Waals surface area contributed by atoms with Crippen molar-refractivity contribution < 1.29 is 22.4 Å². The number of hydrogen-bond donors (Lipinski definition) is 0. The van der Waals surface area contributed by atoms with Crippen molar-refractivity contribution in [2.24, 2.45) is 0 Å². The lowest BCUT2D eigenvalue weighted by Crippen LogP contribution is -2.56. The first-order valence-corrected chi connectivity index (χ1v) is 10.1. The van der Waals surface area contributed by atoms with Crippen molar-refractivity contribution in [2.75, 3.05) is 44.2 Å².